The van der Waals surface area contributed by atoms with Crippen molar-refractivity contribution in [2.24, 2.45) is 0 Å². The minimum Gasteiger partial charge on any atom is -0.275 e. The fourth-order valence-electron chi connectivity index (χ4n) is 1.48. The molecule has 3 aromatic rings. The maximum Gasteiger partial charge on any atom is 0.178 e. The normalized spacial score (nSPS) is 10.0. The van der Waals surface area contributed by atoms with Crippen molar-refractivity contribution in [1.29, 1.82) is 0 Å². The van der Waals surface area contributed by atoms with Gasteiger partial charge in [-0.05, 0) is 12.1 Å². The summed E-state index contributed by atoms with van der Waals surface area (Å²) in [6, 6.07) is 9.75. The average molecular weight is 235 g/mol. The molecule has 0 bridgehead atoms. The van der Waals surface area contributed by atoms with Crippen molar-refractivity contribution >= 4 is 62.3 Å². The number of nitrogens with zero attached hydrogens (tertiary/aromatic N) is 3. The second kappa shape index (κ2) is 5.16. The van der Waals surface area contributed by atoms with Crippen molar-refractivity contribution < 1.29 is 0 Å². The monoisotopic (exact) mass is 235 g/mol. The molecule has 0 aliphatic carbocycles. The van der Waals surface area contributed by atoms with Crippen LogP contribution in [0.25, 0.3) is 22.4 Å². The largest absolute Gasteiger partial charge is 0.275 e. The third-order valence-corrected chi connectivity index (χ3v) is 2.23. The Hall–Kier alpha value is -0.594. The van der Waals surface area contributed by atoms with E-state index in [-0.39, 0.29) is 51.4 Å². The van der Waals surface area contributed by atoms with E-state index in [1.54, 1.807) is 6.20 Å². The van der Waals surface area contributed by atoms with Gasteiger partial charge in [-0.15, -0.1) is 0 Å². The molecule has 1 radical (unpaired) electrons. The molecule has 1 N–H and O–H groups in total. The van der Waals surface area contributed by atoms with E-state index in [0.717, 1.165) is 16.6 Å². The van der Waals surface area contributed by atoms with Crippen molar-refractivity contribution in [3.8, 4) is 11.5 Å². The number of aromatic nitrogens is 4. The van der Waals surface area contributed by atoms with Crippen LogP contribution in [0, 0.1) is 0 Å². The first kappa shape index (κ1) is 11.9. The van der Waals surface area contributed by atoms with Gasteiger partial charge in [0.2, 0.25) is 0 Å². The van der Waals surface area contributed by atoms with Crippen LogP contribution in [-0.2, 0) is 0 Å². The number of hydrogen-bond acceptors (Lipinski definition) is 3. The summed E-state index contributed by atoms with van der Waals surface area (Å²) in [5, 5.41) is 7.76. The first-order valence-electron chi connectivity index (χ1n) is 4.65. The minimum atomic E-state index is 0. The van der Waals surface area contributed by atoms with Crippen molar-refractivity contribution in [2.75, 3.05) is 0 Å². The SMILES string of the molecule is [K].c1ccc2nc(-c3ccn[nH]3)ncc2c1. The molecule has 0 spiro atoms. The van der Waals surface area contributed by atoms with E-state index in [9.17, 15) is 0 Å². The van der Waals surface area contributed by atoms with Crippen LogP contribution in [0.1, 0.15) is 0 Å². The van der Waals surface area contributed by atoms with Crippen LogP contribution in [0.15, 0.2) is 42.7 Å². The summed E-state index contributed by atoms with van der Waals surface area (Å²) >= 11 is 0. The number of fused-ring (bicyclic) bond motifs is 1. The molecule has 0 saturated carbocycles. The maximum absolute atomic E-state index is 4.44. The predicted molar refractivity (Wildman–Crippen MR) is 62.9 cm³/mol. The summed E-state index contributed by atoms with van der Waals surface area (Å²) in [5.74, 6) is 0.672. The van der Waals surface area contributed by atoms with E-state index in [4.69, 9.17) is 0 Å². The molecule has 73 valence electrons. The second-order valence-corrected chi connectivity index (χ2v) is 3.22. The molecule has 0 aliphatic rings. The van der Waals surface area contributed by atoms with Crippen LogP contribution in [0.5, 0.6) is 0 Å². The molecule has 0 unspecified atom stereocenters. The fraction of sp³-hybridized carbons (Fsp3) is 0. The fourth-order valence-corrected chi connectivity index (χ4v) is 1.48. The Bertz CT molecular complexity index is 592. The van der Waals surface area contributed by atoms with Gasteiger partial charge >= 0.3 is 0 Å². The molecule has 0 saturated heterocycles. The van der Waals surface area contributed by atoms with Crippen LogP contribution in [0.4, 0.5) is 0 Å². The van der Waals surface area contributed by atoms with Crippen molar-refractivity contribution in [3.05, 3.63) is 42.7 Å². The Kier molecular flexibility index (Phi) is 3.83. The zero-order valence-corrected chi connectivity index (χ0v) is 12.0. The Morgan fingerprint density at radius 2 is 1.94 bits per heavy atom. The molecule has 2 heterocycles. The predicted octanol–water partition coefficient (Wildman–Crippen LogP) is 1.64. The second-order valence-electron chi connectivity index (χ2n) is 3.22. The van der Waals surface area contributed by atoms with Crippen LogP contribution in [0.2, 0.25) is 0 Å². The van der Waals surface area contributed by atoms with Gasteiger partial charge in [-0.1, -0.05) is 18.2 Å². The van der Waals surface area contributed by atoms with Gasteiger partial charge in [0.25, 0.3) is 0 Å². The van der Waals surface area contributed by atoms with Crippen LogP contribution in [0.3, 0.4) is 0 Å². The van der Waals surface area contributed by atoms with Gasteiger partial charge in [0.1, 0.15) is 5.69 Å². The first-order valence-corrected chi connectivity index (χ1v) is 4.65. The molecule has 2 aromatic heterocycles. The van der Waals surface area contributed by atoms with Gasteiger partial charge in [0.15, 0.2) is 5.82 Å². The summed E-state index contributed by atoms with van der Waals surface area (Å²) in [6.07, 6.45) is 3.51. The smallest absolute Gasteiger partial charge is 0.178 e. The maximum atomic E-state index is 4.44. The molecule has 0 aliphatic heterocycles. The summed E-state index contributed by atoms with van der Waals surface area (Å²) in [4.78, 5) is 8.70. The zero-order chi connectivity index (χ0) is 10.1. The Morgan fingerprint density at radius 1 is 1.06 bits per heavy atom. The summed E-state index contributed by atoms with van der Waals surface area (Å²) in [6.45, 7) is 0. The Morgan fingerprint density at radius 3 is 2.75 bits per heavy atom. The van der Waals surface area contributed by atoms with Crippen molar-refractivity contribution in [3.63, 3.8) is 0 Å². The van der Waals surface area contributed by atoms with Gasteiger partial charge in [-0.25, -0.2) is 9.97 Å². The summed E-state index contributed by atoms with van der Waals surface area (Å²) in [7, 11) is 0. The number of aromatic amines is 1. The van der Waals surface area contributed by atoms with Crippen LogP contribution in [-0.4, -0.2) is 71.5 Å². The van der Waals surface area contributed by atoms with E-state index >= 15 is 0 Å². The number of para-hydroxylation sites is 1. The van der Waals surface area contributed by atoms with Gasteiger partial charge in [0.05, 0.1) is 5.52 Å². The molecule has 16 heavy (non-hydrogen) atoms. The third kappa shape index (κ3) is 2.23. The van der Waals surface area contributed by atoms with Gasteiger partial charge in [-0.2, -0.15) is 5.10 Å². The Labute approximate surface area is 135 Å². The Balaban J connectivity index is 0.000000963. The quantitative estimate of drug-likeness (QED) is 0.652. The molecule has 4 nitrogen and oxygen atoms in total. The number of nitrogens with one attached hydrogen (secondary N) is 1. The molecule has 0 amide bonds. The molecule has 0 fully saturated rings. The topological polar surface area (TPSA) is 54.5 Å². The number of H-pyrrole nitrogens is 1. The molecular weight excluding hydrogens is 227 g/mol. The summed E-state index contributed by atoms with van der Waals surface area (Å²) in [5.41, 5.74) is 1.78. The van der Waals surface area contributed by atoms with Gasteiger partial charge in [-0.3, -0.25) is 5.10 Å². The van der Waals surface area contributed by atoms with E-state index in [1.807, 2.05) is 36.5 Å². The number of hydrogen-bond donors (Lipinski definition) is 1. The molecule has 5 heteroatoms. The van der Waals surface area contributed by atoms with E-state index in [1.165, 1.54) is 0 Å². The van der Waals surface area contributed by atoms with Crippen LogP contribution >= 0.6 is 0 Å². The number of benzene rings is 1. The summed E-state index contributed by atoms with van der Waals surface area (Å²) < 4.78 is 0. The van der Waals surface area contributed by atoms with Crippen molar-refractivity contribution in [1.82, 2.24) is 20.2 Å². The molecule has 0 atom stereocenters. The van der Waals surface area contributed by atoms with E-state index < -0.39 is 0 Å². The molecule has 3 rings (SSSR count). The number of rotatable bonds is 1. The van der Waals surface area contributed by atoms with Crippen LogP contribution < -0.4 is 0 Å². The first-order chi connectivity index (χ1) is 7.43. The standard InChI is InChI=1S/C11H8N4.K/c1-2-4-9-8(3-1)7-12-11(14-9)10-5-6-13-15-10;/h1-7H,(H,13,15);. The van der Waals surface area contributed by atoms with Gasteiger partial charge < -0.3 is 0 Å². The third-order valence-electron chi connectivity index (χ3n) is 2.23. The van der Waals surface area contributed by atoms with E-state index in [2.05, 4.69) is 20.2 Å². The molecular formula is C11H8KN4. The minimum absolute atomic E-state index is 0. The zero-order valence-electron chi connectivity index (χ0n) is 8.88. The van der Waals surface area contributed by atoms with Crippen molar-refractivity contribution in [2.45, 2.75) is 0 Å². The van der Waals surface area contributed by atoms with E-state index in [0.29, 0.717) is 5.82 Å². The van der Waals surface area contributed by atoms with Gasteiger partial charge in [0, 0.05) is 69.2 Å². The molecule has 1 aromatic carbocycles. The average Bonchev–Trinajstić information content (AvgIpc) is 2.82.